The van der Waals surface area contributed by atoms with E-state index in [2.05, 4.69) is 21.2 Å². The molecule has 1 saturated heterocycles. The summed E-state index contributed by atoms with van der Waals surface area (Å²) in [4.78, 5) is 25.5. The summed E-state index contributed by atoms with van der Waals surface area (Å²) in [6, 6.07) is 2.72. The number of urea groups is 1. The summed E-state index contributed by atoms with van der Waals surface area (Å²) in [5.41, 5.74) is 0.711. The number of halogens is 1. The molecule has 0 saturated carbocycles. The number of imide groups is 1. The fraction of sp³-hybridized carbons (Fsp3) is 0.467. The summed E-state index contributed by atoms with van der Waals surface area (Å²) < 4.78 is 11.3. The number of hydrogen-bond donors (Lipinski definition) is 1. The van der Waals surface area contributed by atoms with Crippen LogP contribution in [-0.4, -0.2) is 37.1 Å². The van der Waals surface area contributed by atoms with E-state index < -0.39 is 6.04 Å². The van der Waals surface area contributed by atoms with Gasteiger partial charge >= 0.3 is 6.03 Å². The monoisotopic (exact) mass is 370 g/mol. The van der Waals surface area contributed by atoms with Crippen LogP contribution in [0.3, 0.4) is 0 Å². The van der Waals surface area contributed by atoms with Gasteiger partial charge in [-0.05, 0) is 34.5 Å². The minimum atomic E-state index is -0.430. The Morgan fingerprint density at radius 2 is 1.91 bits per heavy atom. The Morgan fingerprint density at radius 1 is 1.23 bits per heavy atom. The highest BCUT2D eigenvalue weighted by atomic mass is 79.9. The van der Waals surface area contributed by atoms with Crippen LogP contribution in [0.25, 0.3) is 0 Å². The molecule has 1 N–H and O–H groups in total. The number of nitrogens with one attached hydrogen (secondary N) is 1. The quantitative estimate of drug-likeness (QED) is 0.781. The van der Waals surface area contributed by atoms with Crippen molar-refractivity contribution in [2.24, 2.45) is 0 Å². The molecule has 120 valence electrons. The second-order valence-electron chi connectivity index (χ2n) is 5.01. The van der Waals surface area contributed by atoms with Gasteiger partial charge in [0.15, 0.2) is 0 Å². The van der Waals surface area contributed by atoms with Gasteiger partial charge in [0, 0.05) is 5.56 Å². The summed E-state index contributed by atoms with van der Waals surface area (Å²) in [5.74, 6) is 1.01. The van der Waals surface area contributed by atoms with Crippen molar-refractivity contribution in [3.63, 3.8) is 0 Å². The number of rotatable bonds is 6. The second-order valence-corrected chi connectivity index (χ2v) is 5.87. The number of hydrogen-bond acceptors (Lipinski definition) is 4. The lowest BCUT2D eigenvalue weighted by molar-refractivity contribution is -0.128. The van der Waals surface area contributed by atoms with E-state index in [9.17, 15) is 9.59 Å². The molecule has 1 aliphatic rings. The molecule has 0 aromatic heterocycles. The molecule has 1 atom stereocenters. The molecule has 1 aromatic carbocycles. The highest BCUT2D eigenvalue weighted by Gasteiger charge is 2.37. The van der Waals surface area contributed by atoms with Gasteiger partial charge in [-0.25, -0.2) is 4.79 Å². The molecule has 7 heteroatoms. The first-order chi connectivity index (χ1) is 10.5. The Morgan fingerprint density at radius 3 is 2.50 bits per heavy atom. The fourth-order valence-corrected chi connectivity index (χ4v) is 2.91. The zero-order chi connectivity index (χ0) is 16.3. The van der Waals surface area contributed by atoms with E-state index in [1.807, 2.05) is 6.92 Å². The molecule has 3 amide bonds. The molecule has 0 bridgehead atoms. The fourth-order valence-electron chi connectivity index (χ4n) is 2.43. The molecule has 1 aliphatic heterocycles. The van der Waals surface area contributed by atoms with Crippen LogP contribution in [0.4, 0.5) is 4.79 Å². The SMILES string of the molecule is CCC[C@@H]1NC(=O)N(Cc2cc(OC)c(Br)cc2OC)C1=O. The van der Waals surface area contributed by atoms with Crippen LogP contribution in [0, 0.1) is 0 Å². The van der Waals surface area contributed by atoms with E-state index in [4.69, 9.17) is 9.47 Å². The van der Waals surface area contributed by atoms with Crippen LogP contribution in [0.1, 0.15) is 25.3 Å². The molecule has 6 nitrogen and oxygen atoms in total. The van der Waals surface area contributed by atoms with Gasteiger partial charge in [0.2, 0.25) is 0 Å². The minimum Gasteiger partial charge on any atom is -0.496 e. The molecule has 22 heavy (non-hydrogen) atoms. The van der Waals surface area contributed by atoms with Crippen molar-refractivity contribution >= 4 is 27.9 Å². The standard InChI is InChI=1S/C15H19BrN2O4/c1-4-5-11-14(19)18(15(20)17-11)8-9-6-13(22-3)10(16)7-12(9)21-2/h6-7,11H,4-5,8H2,1-3H3,(H,17,20)/t11-/m0/s1. The van der Waals surface area contributed by atoms with E-state index in [0.29, 0.717) is 23.5 Å². The number of carbonyl (C=O) groups excluding carboxylic acids is 2. The molecular weight excluding hydrogens is 352 g/mol. The van der Waals surface area contributed by atoms with Crippen LogP contribution in [-0.2, 0) is 11.3 Å². The van der Waals surface area contributed by atoms with Crippen molar-refractivity contribution in [2.45, 2.75) is 32.4 Å². The number of ether oxygens (including phenoxy) is 2. The molecule has 1 aromatic rings. The number of amides is 3. The predicted molar refractivity (Wildman–Crippen MR) is 85.0 cm³/mol. The summed E-state index contributed by atoms with van der Waals surface area (Å²) in [6.07, 6.45) is 1.47. The zero-order valence-electron chi connectivity index (χ0n) is 12.8. The van der Waals surface area contributed by atoms with E-state index in [1.54, 1.807) is 26.4 Å². The molecule has 0 spiro atoms. The van der Waals surface area contributed by atoms with Gasteiger partial charge in [-0.3, -0.25) is 9.69 Å². The Balaban J connectivity index is 2.26. The lowest BCUT2D eigenvalue weighted by atomic mass is 10.1. The van der Waals surface area contributed by atoms with Crippen molar-refractivity contribution in [2.75, 3.05) is 14.2 Å². The highest BCUT2D eigenvalue weighted by molar-refractivity contribution is 9.10. The lowest BCUT2D eigenvalue weighted by Gasteiger charge is -2.17. The Labute approximate surface area is 137 Å². The molecule has 1 fully saturated rings. The maximum Gasteiger partial charge on any atom is 0.325 e. The summed E-state index contributed by atoms with van der Waals surface area (Å²) in [6.45, 7) is 2.13. The highest BCUT2D eigenvalue weighted by Crippen LogP contribution is 2.33. The lowest BCUT2D eigenvalue weighted by Crippen LogP contribution is -2.31. The van der Waals surface area contributed by atoms with Gasteiger partial charge in [-0.2, -0.15) is 0 Å². The van der Waals surface area contributed by atoms with Crippen molar-refractivity contribution in [3.8, 4) is 11.5 Å². The first-order valence-electron chi connectivity index (χ1n) is 7.04. The van der Waals surface area contributed by atoms with Gasteiger partial charge in [0.1, 0.15) is 17.5 Å². The summed E-state index contributed by atoms with van der Waals surface area (Å²) >= 11 is 3.38. The molecular formula is C15H19BrN2O4. The number of nitrogens with zero attached hydrogens (tertiary/aromatic N) is 1. The third-order valence-electron chi connectivity index (χ3n) is 3.57. The van der Waals surface area contributed by atoms with E-state index >= 15 is 0 Å². The topological polar surface area (TPSA) is 67.9 Å². The van der Waals surface area contributed by atoms with Crippen molar-refractivity contribution in [3.05, 3.63) is 22.2 Å². The summed E-state index contributed by atoms with van der Waals surface area (Å²) in [7, 11) is 3.10. The molecule has 0 radical (unpaired) electrons. The van der Waals surface area contributed by atoms with Crippen LogP contribution in [0.2, 0.25) is 0 Å². The number of methoxy groups -OCH3 is 2. The van der Waals surface area contributed by atoms with Gasteiger partial charge in [0.05, 0.1) is 25.2 Å². The van der Waals surface area contributed by atoms with Crippen molar-refractivity contribution in [1.29, 1.82) is 0 Å². The van der Waals surface area contributed by atoms with Crippen LogP contribution in [0.15, 0.2) is 16.6 Å². The third kappa shape index (κ3) is 3.19. The Bertz CT molecular complexity index is 591. The molecule has 1 heterocycles. The van der Waals surface area contributed by atoms with E-state index in [0.717, 1.165) is 10.9 Å². The average Bonchev–Trinajstić information content (AvgIpc) is 2.76. The first-order valence-corrected chi connectivity index (χ1v) is 7.83. The van der Waals surface area contributed by atoms with Crippen LogP contribution in [0.5, 0.6) is 11.5 Å². The molecule has 2 rings (SSSR count). The minimum absolute atomic E-state index is 0.150. The van der Waals surface area contributed by atoms with E-state index in [-0.39, 0.29) is 18.5 Å². The van der Waals surface area contributed by atoms with Crippen LogP contribution < -0.4 is 14.8 Å². The first kappa shape index (κ1) is 16.6. The zero-order valence-corrected chi connectivity index (χ0v) is 14.4. The molecule has 0 aliphatic carbocycles. The van der Waals surface area contributed by atoms with Gasteiger partial charge in [-0.1, -0.05) is 13.3 Å². The van der Waals surface area contributed by atoms with Gasteiger partial charge in [-0.15, -0.1) is 0 Å². The maximum absolute atomic E-state index is 12.3. The van der Waals surface area contributed by atoms with Gasteiger partial charge in [0.25, 0.3) is 5.91 Å². The summed E-state index contributed by atoms with van der Waals surface area (Å²) in [5, 5.41) is 2.71. The number of benzene rings is 1. The second kappa shape index (κ2) is 7.00. The van der Waals surface area contributed by atoms with E-state index in [1.165, 1.54) is 4.90 Å². The Hall–Kier alpha value is -1.76. The van der Waals surface area contributed by atoms with Crippen molar-refractivity contribution in [1.82, 2.24) is 10.2 Å². The average molecular weight is 371 g/mol. The predicted octanol–water partition coefficient (Wildman–Crippen LogP) is 2.69. The largest absolute Gasteiger partial charge is 0.496 e. The number of carbonyl (C=O) groups is 2. The normalized spacial score (nSPS) is 17.6. The van der Waals surface area contributed by atoms with Crippen LogP contribution >= 0.6 is 15.9 Å². The van der Waals surface area contributed by atoms with Crippen molar-refractivity contribution < 1.29 is 19.1 Å². The Kier molecular flexibility index (Phi) is 5.28. The third-order valence-corrected chi connectivity index (χ3v) is 4.19. The molecule has 0 unspecified atom stereocenters. The van der Waals surface area contributed by atoms with Gasteiger partial charge < -0.3 is 14.8 Å². The smallest absolute Gasteiger partial charge is 0.325 e. The maximum atomic E-state index is 12.3.